The lowest BCUT2D eigenvalue weighted by molar-refractivity contribution is -0.134. The lowest BCUT2D eigenvalue weighted by atomic mass is 10.2. The fraction of sp³-hybridized carbons (Fsp3) is 0.357. The number of aryl methyl sites for hydroxylation is 1. The molecule has 0 aliphatic rings. The minimum Gasteiger partial charge on any atom is -0.481 e. The second-order valence-electron chi connectivity index (χ2n) is 4.89. The lowest BCUT2D eigenvalue weighted by Gasteiger charge is -2.13. The zero-order chi connectivity index (χ0) is 15.6. The van der Waals surface area contributed by atoms with Gasteiger partial charge in [-0.2, -0.15) is 0 Å². The summed E-state index contributed by atoms with van der Waals surface area (Å²) < 4.78 is 1.78. The van der Waals surface area contributed by atoms with Crippen molar-refractivity contribution in [1.29, 1.82) is 0 Å². The topological polar surface area (TPSA) is 75.4 Å². The molecule has 0 unspecified atom stereocenters. The summed E-state index contributed by atoms with van der Waals surface area (Å²) in [4.78, 5) is 28.7. The number of fused-ring (bicyclic) bond motifs is 1. The third-order valence-corrected chi connectivity index (χ3v) is 4.02. The highest BCUT2D eigenvalue weighted by atomic mass is 32.2. The molecule has 0 spiro atoms. The van der Waals surface area contributed by atoms with Crippen LogP contribution >= 0.6 is 11.8 Å². The molecule has 0 aliphatic carbocycles. The number of aliphatic carboxylic acids is 1. The number of thioether (sulfide) groups is 1. The van der Waals surface area contributed by atoms with Gasteiger partial charge in [0.2, 0.25) is 5.91 Å². The van der Waals surface area contributed by atoms with Crippen LogP contribution in [0.15, 0.2) is 23.4 Å². The van der Waals surface area contributed by atoms with Crippen LogP contribution in [0, 0.1) is 6.92 Å². The molecule has 7 heteroatoms. The Morgan fingerprint density at radius 2 is 2.10 bits per heavy atom. The number of benzene rings is 1. The third kappa shape index (κ3) is 3.36. The Morgan fingerprint density at radius 1 is 1.38 bits per heavy atom. The first-order valence-corrected chi connectivity index (χ1v) is 7.39. The molecule has 0 aliphatic heterocycles. The third-order valence-electron chi connectivity index (χ3n) is 3.06. The van der Waals surface area contributed by atoms with Crippen LogP contribution in [0.1, 0.15) is 5.56 Å². The van der Waals surface area contributed by atoms with Gasteiger partial charge >= 0.3 is 5.97 Å². The van der Waals surface area contributed by atoms with Crippen LogP contribution in [-0.4, -0.2) is 51.3 Å². The monoisotopic (exact) mass is 307 g/mol. The normalized spacial score (nSPS) is 10.8. The number of hydrogen-bond acceptors (Lipinski definition) is 4. The van der Waals surface area contributed by atoms with Crippen LogP contribution in [0.25, 0.3) is 11.0 Å². The largest absolute Gasteiger partial charge is 0.481 e. The first kappa shape index (κ1) is 15.4. The predicted octanol–water partition coefficient (Wildman–Crippen LogP) is 1.61. The highest BCUT2D eigenvalue weighted by Crippen LogP contribution is 2.26. The second-order valence-corrected chi connectivity index (χ2v) is 5.84. The van der Waals surface area contributed by atoms with Crippen LogP contribution in [-0.2, 0) is 16.1 Å². The van der Waals surface area contributed by atoms with Crippen LogP contribution in [0.5, 0.6) is 0 Å². The summed E-state index contributed by atoms with van der Waals surface area (Å²) >= 11 is 1.12. The number of hydrogen-bond donors (Lipinski definition) is 1. The van der Waals surface area contributed by atoms with Crippen molar-refractivity contribution in [2.75, 3.05) is 19.8 Å². The van der Waals surface area contributed by atoms with Crippen LogP contribution in [0.3, 0.4) is 0 Å². The van der Waals surface area contributed by atoms with Crippen molar-refractivity contribution in [2.24, 2.45) is 0 Å². The molecule has 1 heterocycles. The number of carboxylic acids is 1. The first-order chi connectivity index (χ1) is 9.90. The molecule has 0 atom stereocenters. The molecule has 1 aromatic carbocycles. The van der Waals surface area contributed by atoms with Crippen molar-refractivity contribution in [2.45, 2.75) is 18.6 Å². The number of para-hydroxylation sites is 1. The Kier molecular flexibility index (Phi) is 4.52. The summed E-state index contributed by atoms with van der Waals surface area (Å²) in [6.07, 6.45) is 0. The van der Waals surface area contributed by atoms with Gasteiger partial charge in [-0.05, 0) is 18.6 Å². The summed E-state index contributed by atoms with van der Waals surface area (Å²) in [5, 5.41) is 9.38. The Bertz CT molecular complexity index is 694. The molecule has 2 rings (SSSR count). The fourth-order valence-electron chi connectivity index (χ4n) is 1.93. The molecule has 0 saturated carbocycles. The predicted molar refractivity (Wildman–Crippen MR) is 81.5 cm³/mol. The van der Waals surface area contributed by atoms with Gasteiger partial charge in [0.15, 0.2) is 5.16 Å². The molecular weight excluding hydrogens is 290 g/mol. The van der Waals surface area contributed by atoms with E-state index >= 15 is 0 Å². The highest BCUT2D eigenvalue weighted by Gasteiger charge is 2.17. The van der Waals surface area contributed by atoms with E-state index in [1.165, 1.54) is 4.90 Å². The number of carbonyl (C=O) groups excluding carboxylic acids is 1. The number of amides is 1. The van der Waals surface area contributed by atoms with Gasteiger partial charge < -0.3 is 14.6 Å². The summed E-state index contributed by atoms with van der Waals surface area (Å²) in [6.45, 7) is 2.09. The van der Waals surface area contributed by atoms with Crippen molar-refractivity contribution in [1.82, 2.24) is 14.5 Å². The SMILES string of the molecule is Cc1cccc2c1nc(SCC(=O)O)n2CC(=O)N(C)C. The van der Waals surface area contributed by atoms with E-state index in [0.717, 1.165) is 28.4 Å². The van der Waals surface area contributed by atoms with Crippen molar-refractivity contribution in [3.8, 4) is 0 Å². The van der Waals surface area contributed by atoms with Crippen molar-refractivity contribution < 1.29 is 14.7 Å². The van der Waals surface area contributed by atoms with E-state index < -0.39 is 5.97 Å². The van der Waals surface area contributed by atoms with Crippen LogP contribution < -0.4 is 0 Å². The molecule has 1 amide bonds. The van der Waals surface area contributed by atoms with Gasteiger partial charge in [-0.1, -0.05) is 23.9 Å². The smallest absolute Gasteiger partial charge is 0.313 e. The number of imidazole rings is 1. The van der Waals surface area contributed by atoms with E-state index in [1.807, 2.05) is 25.1 Å². The van der Waals surface area contributed by atoms with Crippen LogP contribution in [0.2, 0.25) is 0 Å². The molecule has 0 saturated heterocycles. The number of aromatic nitrogens is 2. The zero-order valence-electron chi connectivity index (χ0n) is 12.2. The number of rotatable bonds is 5. The zero-order valence-corrected chi connectivity index (χ0v) is 13.0. The fourth-order valence-corrected chi connectivity index (χ4v) is 2.66. The number of nitrogens with zero attached hydrogens (tertiary/aromatic N) is 3. The van der Waals surface area contributed by atoms with E-state index in [2.05, 4.69) is 4.98 Å². The van der Waals surface area contributed by atoms with E-state index in [-0.39, 0.29) is 18.2 Å². The lowest BCUT2D eigenvalue weighted by Crippen LogP contribution is -2.26. The standard InChI is InChI=1S/C14H17N3O3S/c1-9-5-4-6-10-13(9)15-14(21-8-12(19)20)17(10)7-11(18)16(2)3/h4-6H,7-8H2,1-3H3,(H,19,20). The number of likely N-dealkylation sites (N-methyl/N-ethyl adjacent to an activating group) is 1. The summed E-state index contributed by atoms with van der Waals surface area (Å²) in [5.41, 5.74) is 2.65. The molecule has 1 N–H and O–H groups in total. The van der Waals surface area contributed by atoms with Crippen molar-refractivity contribution in [3.63, 3.8) is 0 Å². The molecule has 1 aromatic heterocycles. The molecule has 6 nitrogen and oxygen atoms in total. The average molecular weight is 307 g/mol. The Hall–Kier alpha value is -2.02. The van der Waals surface area contributed by atoms with Crippen LogP contribution in [0.4, 0.5) is 0 Å². The van der Waals surface area contributed by atoms with Gasteiger partial charge in [-0.15, -0.1) is 0 Å². The maximum Gasteiger partial charge on any atom is 0.313 e. The van der Waals surface area contributed by atoms with E-state index in [0.29, 0.717) is 5.16 Å². The highest BCUT2D eigenvalue weighted by molar-refractivity contribution is 7.99. The summed E-state index contributed by atoms with van der Waals surface area (Å²) in [5.74, 6) is -1.05. The van der Waals surface area contributed by atoms with Gasteiger partial charge in [0.1, 0.15) is 6.54 Å². The van der Waals surface area contributed by atoms with Crippen molar-refractivity contribution >= 4 is 34.7 Å². The van der Waals surface area contributed by atoms with Gasteiger partial charge in [-0.25, -0.2) is 4.98 Å². The Balaban J connectivity index is 2.47. The van der Waals surface area contributed by atoms with E-state index in [9.17, 15) is 9.59 Å². The Labute approximate surface area is 126 Å². The molecule has 21 heavy (non-hydrogen) atoms. The maximum absolute atomic E-state index is 12.0. The van der Waals surface area contributed by atoms with Crippen molar-refractivity contribution in [3.05, 3.63) is 23.8 Å². The molecule has 0 radical (unpaired) electrons. The van der Waals surface area contributed by atoms with E-state index in [1.54, 1.807) is 18.7 Å². The summed E-state index contributed by atoms with van der Waals surface area (Å²) in [6, 6.07) is 5.74. The number of carbonyl (C=O) groups is 2. The molecule has 0 bridgehead atoms. The van der Waals surface area contributed by atoms with Gasteiger partial charge in [0.25, 0.3) is 0 Å². The molecule has 2 aromatic rings. The van der Waals surface area contributed by atoms with Gasteiger partial charge in [-0.3, -0.25) is 9.59 Å². The first-order valence-electron chi connectivity index (χ1n) is 6.40. The minimum absolute atomic E-state index is 0.0621. The molecule has 0 fully saturated rings. The second kappa shape index (κ2) is 6.17. The average Bonchev–Trinajstić information content (AvgIpc) is 2.76. The van der Waals surface area contributed by atoms with E-state index in [4.69, 9.17) is 5.11 Å². The number of carboxylic acid groups (broad SMARTS) is 1. The summed E-state index contributed by atoms with van der Waals surface area (Å²) in [7, 11) is 3.38. The maximum atomic E-state index is 12.0. The van der Waals surface area contributed by atoms with Gasteiger partial charge in [0.05, 0.1) is 16.8 Å². The molecule has 112 valence electrons. The minimum atomic E-state index is -0.908. The Morgan fingerprint density at radius 3 is 2.71 bits per heavy atom. The van der Waals surface area contributed by atoms with Gasteiger partial charge in [0, 0.05) is 14.1 Å². The molecular formula is C14H17N3O3S. The quantitative estimate of drug-likeness (QED) is 0.849.